The normalized spacial score (nSPS) is 30.5. The minimum atomic E-state index is -0.916. The number of fused-ring (bicyclic) bond motifs is 1. The molecule has 43 heavy (non-hydrogen) atoms. The lowest BCUT2D eigenvalue weighted by molar-refractivity contribution is -0.128. The van der Waals surface area contributed by atoms with Gasteiger partial charge >= 0.3 is 0 Å². The van der Waals surface area contributed by atoms with Crippen LogP contribution in [-0.4, -0.2) is 23.8 Å². The molecule has 0 radical (unpaired) electrons. The molecule has 5 aliphatic rings. The van der Waals surface area contributed by atoms with Crippen LogP contribution < -0.4 is 15.5 Å². The van der Waals surface area contributed by atoms with Crippen molar-refractivity contribution in [3.8, 4) is 5.75 Å². The molecule has 1 aliphatic heterocycles. The molecule has 1 atom stereocenters. The Hall–Kier alpha value is -2.96. The average Bonchev–Trinajstić information content (AvgIpc) is 2.96. The number of halogens is 1. The van der Waals surface area contributed by atoms with E-state index in [0.717, 1.165) is 45.5 Å². The highest BCUT2D eigenvalue weighted by Crippen LogP contribution is 2.60. The molecule has 0 spiro atoms. The molecule has 0 aromatic heterocycles. The standard InChI is InChI=1S/C37H42BrN3O2/c1-35(2)22-28-6-4-5-7-32(28)36(3,41-35)34(42)40-39-33(27-8-12-30(38)13-9-27)23-43-31-14-10-29(11-15-31)37-19-24-16-25(20-37)18-26(17-24)21-37/h4-15,24-26,41H,16-23H2,1-3H3,(H,40,42)/b39-33-/t24?,25?,26?,36-,37?/m1/s1. The minimum Gasteiger partial charge on any atom is -0.487 e. The summed E-state index contributed by atoms with van der Waals surface area (Å²) in [4.78, 5) is 13.8. The molecular weight excluding hydrogens is 598 g/mol. The lowest BCUT2D eigenvalue weighted by Crippen LogP contribution is -2.62. The van der Waals surface area contributed by atoms with Crippen molar-refractivity contribution in [2.24, 2.45) is 22.9 Å². The van der Waals surface area contributed by atoms with Crippen molar-refractivity contribution >= 4 is 27.5 Å². The van der Waals surface area contributed by atoms with Crippen LogP contribution in [0.3, 0.4) is 0 Å². The Morgan fingerprint density at radius 2 is 1.53 bits per heavy atom. The molecule has 4 saturated carbocycles. The van der Waals surface area contributed by atoms with Gasteiger partial charge in [0.05, 0.1) is 0 Å². The van der Waals surface area contributed by atoms with E-state index >= 15 is 0 Å². The van der Waals surface area contributed by atoms with Crippen molar-refractivity contribution in [2.75, 3.05) is 6.61 Å². The van der Waals surface area contributed by atoms with Crippen LogP contribution in [0.25, 0.3) is 0 Å². The van der Waals surface area contributed by atoms with Crippen LogP contribution >= 0.6 is 15.9 Å². The maximum atomic E-state index is 13.8. The maximum absolute atomic E-state index is 13.8. The zero-order chi connectivity index (χ0) is 29.8. The quantitative estimate of drug-likeness (QED) is 0.206. The van der Waals surface area contributed by atoms with Crippen molar-refractivity contribution in [1.82, 2.24) is 10.7 Å². The van der Waals surface area contributed by atoms with Gasteiger partial charge in [0.25, 0.3) is 5.91 Å². The monoisotopic (exact) mass is 639 g/mol. The van der Waals surface area contributed by atoms with Crippen LogP contribution in [0.15, 0.2) is 82.4 Å². The van der Waals surface area contributed by atoms with Crippen LogP contribution in [0, 0.1) is 17.8 Å². The van der Waals surface area contributed by atoms with E-state index in [2.05, 4.69) is 76.0 Å². The van der Waals surface area contributed by atoms with Crippen molar-refractivity contribution in [2.45, 2.75) is 82.2 Å². The van der Waals surface area contributed by atoms with E-state index in [1.165, 1.54) is 49.7 Å². The molecule has 3 aromatic rings. The van der Waals surface area contributed by atoms with Crippen molar-refractivity contribution in [3.05, 3.63) is 99.5 Å². The van der Waals surface area contributed by atoms with Gasteiger partial charge < -0.3 is 4.74 Å². The predicted molar refractivity (Wildman–Crippen MR) is 175 cm³/mol. The summed E-state index contributed by atoms with van der Waals surface area (Å²) in [7, 11) is 0. The smallest absolute Gasteiger partial charge is 0.264 e. The highest BCUT2D eigenvalue weighted by molar-refractivity contribution is 9.10. The van der Waals surface area contributed by atoms with E-state index in [-0.39, 0.29) is 18.1 Å². The first-order valence-electron chi connectivity index (χ1n) is 15.8. The second kappa shape index (κ2) is 10.9. The van der Waals surface area contributed by atoms with Crippen LogP contribution in [-0.2, 0) is 22.2 Å². The molecule has 224 valence electrons. The summed E-state index contributed by atoms with van der Waals surface area (Å²) in [5.41, 5.74) is 7.35. The number of nitrogens with zero attached hydrogens (tertiary/aromatic N) is 1. The van der Waals surface area contributed by atoms with E-state index in [1.807, 2.05) is 49.4 Å². The second-order valence-electron chi connectivity index (χ2n) is 14.5. The van der Waals surface area contributed by atoms with Gasteiger partial charge in [-0.15, -0.1) is 0 Å². The average molecular weight is 641 g/mol. The number of benzene rings is 3. The fraction of sp³-hybridized carbons (Fsp3) is 0.459. The second-order valence-corrected chi connectivity index (χ2v) is 15.4. The van der Waals surface area contributed by atoms with E-state index in [0.29, 0.717) is 11.1 Å². The molecular formula is C37H42BrN3O2. The lowest BCUT2D eigenvalue weighted by atomic mass is 9.48. The molecule has 5 nitrogen and oxygen atoms in total. The summed E-state index contributed by atoms with van der Waals surface area (Å²) in [5.74, 6) is 3.40. The number of rotatable bonds is 7. The van der Waals surface area contributed by atoms with Crippen molar-refractivity contribution in [3.63, 3.8) is 0 Å². The zero-order valence-electron chi connectivity index (χ0n) is 25.5. The number of hydrogen-bond acceptors (Lipinski definition) is 4. The summed E-state index contributed by atoms with van der Waals surface area (Å²) in [6.45, 7) is 6.45. The van der Waals surface area contributed by atoms with Gasteiger partial charge in [0.2, 0.25) is 0 Å². The van der Waals surface area contributed by atoms with E-state index in [9.17, 15) is 4.79 Å². The van der Waals surface area contributed by atoms with Crippen molar-refractivity contribution in [1.29, 1.82) is 0 Å². The topological polar surface area (TPSA) is 62.7 Å². The van der Waals surface area contributed by atoms with Gasteiger partial charge in [0, 0.05) is 15.6 Å². The molecule has 8 rings (SSSR count). The van der Waals surface area contributed by atoms with Gasteiger partial charge in [-0.3, -0.25) is 10.1 Å². The predicted octanol–water partition coefficient (Wildman–Crippen LogP) is 7.66. The summed E-state index contributed by atoms with van der Waals surface area (Å²) in [6.07, 6.45) is 9.28. The number of carbonyl (C=O) groups excluding carboxylic acids is 1. The third-order valence-corrected chi connectivity index (χ3v) is 11.1. The Balaban J connectivity index is 1.10. The third kappa shape index (κ3) is 5.57. The Morgan fingerprint density at radius 3 is 2.19 bits per heavy atom. The van der Waals surface area contributed by atoms with Gasteiger partial charge in [0.15, 0.2) is 0 Å². The van der Waals surface area contributed by atoms with Gasteiger partial charge in [-0.05, 0) is 130 Å². The first-order valence-corrected chi connectivity index (χ1v) is 16.6. The first-order chi connectivity index (χ1) is 20.6. The van der Waals surface area contributed by atoms with Gasteiger partial charge in [-0.25, -0.2) is 5.43 Å². The fourth-order valence-electron chi connectivity index (χ4n) is 9.18. The maximum Gasteiger partial charge on any atom is 0.264 e. The summed E-state index contributed by atoms with van der Waals surface area (Å²) >= 11 is 3.53. The Labute approximate surface area is 264 Å². The van der Waals surface area contributed by atoms with E-state index in [4.69, 9.17) is 4.74 Å². The van der Waals surface area contributed by atoms with Crippen LogP contribution in [0.2, 0.25) is 0 Å². The summed E-state index contributed by atoms with van der Waals surface area (Å²) in [5, 5.41) is 8.25. The number of ether oxygens (including phenoxy) is 1. The number of carbonyl (C=O) groups is 1. The molecule has 3 aromatic carbocycles. The Kier molecular flexibility index (Phi) is 7.29. The lowest BCUT2D eigenvalue weighted by Gasteiger charge is -2.57. The molecule has 0 unspecified atom stereocenters. The Bertz CT molecular complexity index is 1510. The molecule has 4 fully saturated rings. The molecule has 4 aliphatic carbocycles. The summed E-state index contributed by atoms with van der Waals surface area (Å²) in [6, 6.07) is 25.0. The highest BCUT2D eigenvalue weighted by Gasteiger charge is 2.51. The SMILES string of the molecule is CC1(C)Cc2ccccc2[C@](C)(C(=O)N/N=C(/COc2ccc(C34CC5CC(CC(C5)C3)C4)cc2)c2ccc(Br)cc2)N1. The first kappa shape index (κ1) is 28.8. The van der Waals surface area contributed by atoms with E-state index < -0.39 is 5.54 Å². The number of hydrogen-bond donors (Lipinski definition) is 2. The van der Waals surface area contributed by atoms with Crippen molar-refractivity contribution < 1.29 is 9.53 Å². The largest absolute Gasteiger partial charge is 0.487 e. The Morgan fingerprint density at radius 1 is 0.907 bits per heavy atom. The van der Waals surface area contributed by atoms with E-state index in [1.54, 1.807) is 0 Å². The molecule has 2 N–H and O–H groups in total. The molecule has 1 amide bonds. The van der Waals surface area contributed by atoms with Crippen LogP contribution in [0.4, 0.5) is 0 Å². The molecule has 1 heterocycles. The fourth-order valence-corrected chi connectivity index (χ4v) is 9.44. The van der Waals surface area contributed by atoms with Crippen LogP contribution in [0.1, 0.15) is 81.5 Å². The molecule has 6 heteroatoms. The minimum absolute atomic E-state index is 0.192. The van der Waals surface area contributed by atoms with Gasteiger partial charge in [-0.1, -0.05) is 64.5 Å². The number of hydrazone groups is 1. The molecule has 0 saturated heterocycles. The zero-order valence-corrected chi connectivity index (χ0v) is 27.0. The van der Waals surface area contributed by atoms with Gasteiger partial charge in [-0.2, -0.15) is 5.10 Å². The summed E-state index contributed by atoms with van der Waals surface area (Å²) < 4.78 is 7.29. The highest BCUT2D eigenvalue weighted by atomic mass is 79.9. The number of nitrogens with one attached hydrogen (secondary N) is 2. The third-order valence-electron chi connectivity index (χ3n) is 10.6. The number of amides is 1. The van der Waals surface area contributed by atoms with Crippen LogP contribution in [0.5, 0.6) is 5.75 Å². The molecule has 4 bridgehead atoms. The van der Waals surface area contributed by atoms with Gasteiger partial charge in [0.1, 0.15) is 23.6 Å².